The fourth-order valence-electron chi connectivity index (χ4n) is 2.98. The molecule has 0 aliphatic heterocycles. The van der Waals surface area contributed by atoms with E-state index in [4.69, 9.17) is 17.2 Å². The van der Waals surface area contributed by atoms with E-state index in [0.29, 0.717) is 12.2 Å². The van der Waals surface area contributed by atoms with E-state index in [1.807, 2.05) is 0 Å². The first kappa shape index (κ1) is 32.1. The molecule has 0 saturated heterocycles. The quantitative estimate of drug-likeness (QED) is 0.108. The number of rotatable bonds is 18. The maximum absolute atomic E-state index is 13.0. The molecule has 0 saturated carbocycles. The second kappa shape index (κ2) is 16.7. The highest BCUT2D eigenvalue weighted by atomic mass is 32.2. The van der Waals surface area contributed by atoms with E-state index in [1.165, 1.54) is 11.8 Å². The van der Waals surface area contributed by atoms with Crippen molar-refractivity contribution < 1.29 is 33.9 Å². The van der Waals surface area contributed by atoms with Crippen molar-refractivity contribution in [1.29, 1.82) is 0 Å². The molecule has 0 aliphatic rings. The Morgan fingerprint density at radius 1 is 0.829 bits per heavy atom. The molecule has 0 aliphatic carbocycles. The zero-order valence-electron chi connectivity index (χ0n) is 20.4. The Morgan fingerprint density at radius 2 is 1.31 bits per heavy atom. The van der Waals surface area contributed by atoms with Gasteiger partial charge in [-0.25, -0.2) is 4.79 Å². The molecule has 10 N–H and O–H groups in total. The monoisotopic (exact) mass is 518 g/mol. The van der Waals surface area contributed by atoms with Crippen molar-refractivity contribution in [1.82, 2.24) is 16.0 Å². The lowest BCUT2D eigenvalue weighted by atomic mass is 9.98. The first-order valence-corrected chi connectivity index (χ1v) is 12.7. The van der Waals surface area contributed by atoms with Crippen LogP contribution in [0.4, 0.5) is 0 Å². The molecule has 5 amide bonds. The van der Waals surface area contributed by atoms with E-state index >= 15 is 0 Å². The van der Waals surface area contributed by atoms with Gasteiger partial charge in [-0.3, -0.25) is 24.0 Å². The van der Waals surface area contributed by atoms with Crippen LogP contribution in [0.2, 0.25) is 0 Å². The van der Waals surface area contributed by atoms with Crippen LogP contribution in [-0.4, -0.2) is 76.8 Å². The number of nitrogens with one attached hydrogen (secondary N) is 3. The summed E-state index contributed by atoms with van der Waals surface area (Å²) in [5.41, 5.74) is 16.0. The normalized spacial score (nSPS) is 15.1. The Morgan fingerprint density at radius 3 is 1.80 bits per heavy atom. The molecule has 0 aromatic heterocycles. The Bertz CT molecular complexity index is 766. The van der Waals surface area contributed by atoms with Gasteiger partial charge in [0.25, 0.3) is 0 Å². The van der Waals surface area contributed by atoms with Gasteiger partial charge in [-0.1, -0.05) is 20.3 Å². The lowest BCUT2D eigenvalue weighted by Gasteiger charge is -2.26. The Labute approximate surface area is 209 Å². The number of carbonyl (C=O) groups excluding carboxylic acids is 5. The van der Waals surface area contributed by atoms with Gasteiger partial charge in [0.15, 0.2) is 0 Å². The third kappa shape index (κ3) is 13.0. The first-order valence-electron chi connectivity index (χ1n) is 11.3. The molecular formula is C21H38N6O7S. The van der Waals surface area contributed by atoms with Crippen LogP contribution in [-0.2, 0) is 28.8 Å². The van der Waals surface area contributed by atoms with E-state index in [1.54, 1.807) is 20.1 Å². The summed E-state index contributed by atoms with van der Waals surface area (Å²) in [6.07, 6.45) is 1.98. The van der Waals surface area contributed by atoms with Crippen molar-refractivity contribution in [3.8, 4) is 0 Å². The summed E-state index contributed by atoms with van der Waals surface area (Å²) >= 11 is 1.42. The smallest absolute Gasteiger partial charge is 0.326 e. The van der Waals surface area contributed by atoms with Crippen LogP contribution >= 0.6 is 11.8 Å². The second-order valence-corrected chi connectivity index (χ2v) is 9.22. The van der Waals surface area contributed by atoms with E-state index in [0.717, 1.165) is 0 Å². The average molecular weight is 519 g/mol. The molecular weight excluding hydrogens is 480 g/mol. The van der Waals surface area contributed by atoms with Crippen LogP contribution in [0.3, 0.4) is 0 Å². The number of carboxylic acid groups (broad SMARTS) is 1. The van der Waals surface area contributed by atoms with Gasteiger partial charge >= 0.3 is 5.97 Å². The highest BCUT2D eigenvalue weighted by Crippen LogP contribution is 2.10. The van der Waals surface area contributed by atoms with Gasteiger partial charge in [-0.2, -0.15) is 11.8 Å². The highest BCUT2D eigenvalue weighted by Gasteiger charge is 2.32. The lowest BCUT2D eigenvalue weighted by Crippen LogP contribution is -2.58. The molecule has 200 valence electrons. The van der Waals surface area contributed by atoms with Gasteiger partial charge in [0.1, 0.15) is 18.1 Å². The number of hydrogen-bond donors (Lipinski definition) is 7. The maximum Gasteiger partial charge on any atom is 0.326 e. The molecule has 0 radical (unpaired) electrons. The molecule has 0 spiro atoms. The molecule has 5 atom stereocenters. The Hall–Kier alpha value is -2.87. The van der Waals surface area contributed by atoms with Gasteiger partial charge in [0.2, 0.25) is 29.5 Å². The molecule has 0 heterocycles. The van der Waals surface area contributed by atoms with Crippen LogP contribution in [0.25, 0.3) is 0 Å². The summed E-state index contributed by atoms with van der Waals surface area (Å²) in [6.45, 7) is 3.43. The number of primary amides is 2. The molecule has 5 unspecified atom stereocenters. The third-order valence-electron chi connectivity index (χ3n) is 5.37. The topological polar surface area (TPSA) is 237 Å². The van der Waals surface area contributed by atoms with Gasteiger partial charge in [-0.15, -0.1) is 0 Å². The number of aliphatic carboxylic acids is 1. The van der Waals surface area contributed by atoms with Crippen LogP contribution in [0.1, 0.15) is 52.4 Å². The maximum atomic E-state index is 13.0. The first-order chi connectivity index (χ1) is 16.3. The number of carbonyl (C=O) groups is 6. The van der Waals surface area contributed by atoms with Gasteiger partial charge < -0.3 is 38.3 Å². The minimum Gasteiger partial charge on any atom is -0.480 e. The number of carboxylic acids is 1. The molecule has 0 rings (SSSR count). The van der Waals surface area contributed by atoms with Gasteiger partial charge in [0.05, 0.1) is 6.04 Å². The lowest BCUT2D eigenvalue weighted by molar-refractivity contribution is -0.144. The molecule has 35 heavy (non-hydrogen) atoms. The zero-order chi connectivity index (χ0) is 27.1. The summed E-state index contributed by atoms with van der Waals surface area (Å²) in [5, 5.41) is 16.9. The third-order valence-corrected chi connectivity index (χ3v) is 6.02. The van der Waals surface area contributed by atoms with Gasteiger partial charge in [-0.05, 0) is 37.2 Å². The van der Waals surface area contributed by atoms with E-state index < -0.39 is 59.7 Å². The average Bonchev–Trinajstić information content (AvgIpc) is 2.79. The van der Waals surface area contributed by atoms with Crippen LogP contribution in [0, 0.1) is 5.92 Å². The van der Waals surface area contributed by atoms with Crippen LogP contribution in [0.5, 0.6) is 0 Å². The molecule has 14 heteroatoms. The van der Waals surface area contributed by atoms with Crippen LogP contribution in [0.15, 0.2) is 0 Å². The zero-order valence-corrected chi connectivity index (χ0v) is 21.2. The number of thioether (sulfide) groups is 1. The molecule has 13 nitrogen and oxygen atoms in total. The van der Waals surface area contributed by atoms with Crippen molar-refractivity contribution >= 4 is 47.3 Å². The highest BCUT2D eigenvalue weighted by molar-refractivity contribution is 7.98. The standard InChI is InChI=1S/C21H38N6O7S/c1-4-11(2)17(21(33)34)27-20(32)13(6-8-16(24)29)26-19(31)14(9-10-35-3)25-18(30)12(22)5-7-15(23)28/h11-14,17H,4-10,22H2,1-3H3,(H2,23,28)(H2,24,29)(H,25,30)(H,26,31)(H,27,32)(H,33,34). The summed E-state index contributed by atoms with van der Waals surface area (Å²) in [5.74, 6) is -4.64. The number of nitrogens with two attached hydrogens (primary N) is 3. The fourth-order valence-corrected chi connectivity index (χ4v) is 3.45. The van der Waals surface area contributed by atoms with Crippen molar-refractivity contribution in [3.63, 3.8) is 0 Å². The number of amides is 5. The summed E-state index contributed by atoms with van der Waals surface area (Å²) in [6, 6.07) is -4.61. The fraction of sp³-hybridized carbons (Fsp3) is 0.714. The van der Waals surface area contributed by atoms with Crippen molar-refractivity contribution in [2.45, 2.75) is 76.5 Å². The minimum atomic E-state index is -1.27. The van der Waals surface area contributed by atoms with Crippen molar-refractivity contribution in [2.75, 3.05) is 12.0 Å². The van der Waals surface area contributed by atoms with Crippen LogP contribution < -0.4 is 33.2 Å². The molecule has 0 aromatic carbocycles. The summed E-state index contributed by atoms with van der Waals surface area (Å²) < 4.78 is 0. The predicted molar refractivity (Wildman–Crippen MR) is 131 cm³/mol. The minimum absolute atomic E-state index is 0.00609. The molecule has 0 fully saturated rings. The Kier molecular flexibility index (Phi) is 15.3. The second-order valence-electron chi connectivity index (χ2n) is 8.23. The summed E-state index contributed by atoms with van der Waals surface area (Å²) in [7, 11) is 0. The van der Waals surface area contributed by atoms with Crippen molar-refractivity contribution in [2.24, 2.45) is 23.1 Å². The molecule has 0 bridgehead atoms. The van der Waals surface area contributed by atoms with E-state index in [9.17, 15) is 33.9 Å². The van der Waals surface area contributed by atoms with Crippen molar-refractivity contribution in [3.05, 3.63) is 0 Å². The van der Waals surface area contributed by atoms with Gasteiger partial charge in [0, 0.05) is 12.8 Å². The SMILES string of the molecule is CCC(C)C(NC(=O)C(CCC(N)=O)NC(=O)C(CCSC)NC(=O)C(N)CCC(N)=O)C(=O)O. The largest absolute Gasteiger partial charge is 0.480 e. The predicted octanol–water partition coefficient (Wildman–Crippen LogP) is -1.82. The number of hydrogen-bond acceptors (Lipinski definition) is 8. The van der Waals surface area contributed by atoms with E-state index in [-0.39, 0.29) is 38.0 Å². The molecule has 0 aromatic rings. The van der Waals surface area contributed by atoms with E-state index in [2.05, 4.69) is 16.0 Å². The summed E-state index contributed by atoms with van der Waals surface area (Å²) in [4.78, 5) is 72.0. The Balaban J connectivity index is 5.55.